The van der Waals surface area contributed by atoms with Gasteiger partial charge in [0.15, 0.2) is 0 Å². The van der Waals surface area contributed by atoms with Crippen LogP contribution in [0.15, 0.2) is 22.8 Å². The largest absolute Gasteiger partial charge is 0.477 e. The Morgan fingerprint density at radius 1 is 1.39 bits per heavy atom. The van der Waals surface area contributed by atoms with Crippen LogP contribution in [-0.4, -0.2) is 27.0 Å². The van der Waals surface area contributed by atoms with Crippen molar-refractivity contribution in [2.75, 3.05) is 5.32 Å². The van der Waals surface area contributed by atoms with E-state index in [0.717, 1.165) is 4.47 Å². The minimum atomic E-state index is -1.12. The number of hydrogen-bond donors (Lipinski definition) is 4. The standard InChI is InChI=1S/C11H10BrN3O3/c1-5-2-7(9(14-5)11(17)18)15-10(16)8-3-6(12)4-13-8/h2-4,13-14H,1H3,(H,15,16)(H,17,18). The van der Waals surface area contributed by atoms with Crippen LogP contribution >= 0.6 is 15.9 Å². The van der Waals surface area contributed by atoms with Crippen molar-refractivity contribution >= 4 is 33.5 Å². The summed E-state index contributed by atoms with van der Waals surface area (Å²) in [7, 11) is 0. The minimum Gasteiger partial charge on any atom is -0.477 e. The number of amides is 1. The van der Waals surface area contributed by atoms with Gasteiger partial charge in [0, 0.05) is 16.4 Å². The number of carboxylic acids is 1. The quantitative estimate of drug-likeness (QED) is 0.700. The average Bonchev–Trinajstić information content (AvgIpc) is 2.85. The number of hydrogen-bond acceptors (Lipinski definition) is 2. The van der Waals surface area contributed by atoms with Gasteiger partial charge in [-0.05, 0) is 35.0 Å². The molecule has 0 atom stereocenters. The summed E-state index contributed by atoms with van der Waals surface area (Å²) >= 11 is 3.22. The number of rotatable bonds is 3. The van der Waals surface area contributed by atoms with Crippen LogP contribution in [0, 0.1) is 6.92 Å². The van der Waals surface area contributed by atoms with Crippen molar-refractivity contribution in [3.63, 3.8) is 0 Å². The molecule has 0 unspecified atom stereocenters. The summed E-state index contributed by atoms with van der Waals surface area (Å²) in [5, 5.41) is 11.5. The molecule has 0 spiro atoms. The monoisotopic (exact) mass is 311 g/mol. The topological polar surface area (TPSA) is 98.0 Å². The van der Waals surface area contributed by atoms with Gasteiger partial charge in [0.2, 0.25) is 0 Å². The zero-order chi connectivity index (χ0) is 13.3. The molecule has 2 aromatic rings. The van der Waals surface area contributed by atoms with Crippen molar-refractivity contribution in [2.24, 2.45) is 0 Å². The fourth-order valence-electron chi connectivity index (χ4n) is 1.55. The first kappa shape index (κ1) is 12.4. The first-order valence-corrected chi connectivity index (χ1v) is 5.85. The van der Waals surface area contributed by atoms with Crippen LogP contribution < -0.4 is 5.32 Å². The molecule has 94 valence electrons. The molecule has 0 bridgehead atoms. The van der Waals surface area contributed by atoms with Gasteiger partial charge in [-0.1, -0.05) is 0 Å². The molecule has 0 aliphatic carbocycles. The molecule has 4 N–H and O–H groups in total. The Labute approximate surface area is 111 Å². The van der Waals surface area contributed by atoms with Crippen molar-refractivity contribution < 1.29 is 14.7 Å². The van der Waals surface area contributed by atoms with E-state index in [2.05, 4.69) is 31.2 Å². The predicted molar refractivity (Wildman–Crippen MR) is 68.9 cm³/mol. The average molecular weight is 312 g/mol. The Balaban J connectivity index is 2.24. The zero-order valence-electron chi connectivity index (χ0n) is 9.37. The summed E-state index contributed by atoms with van der Waals surface area (Å²) in [5.74, 6) is -1.52. The van der Waals surface area contributed by atoms with Crippen molar-refractivity contribution in [3.8, 4) is 0 Å². The van der Waals surface area contributed by atoms with E-state index in [4.69, 9.17) is 5.11 Å². The second-order valence-electron chi connectivity index (χ2n) is 3.73. The van der Waals surface area contributed by atoms with Crippen LogP contribution in [0.3, 0.4) is 0 Å². The summed E-state index contributed by atoms with van der Waals surface area (Å²) in [5.41, 5.74) is 1.22. The maximum atomic E-state index is 11.8. The van der Waals surface area contributed by atoms with Crippen molar-refractivity contribution in [1.29, 1.82) is 0 Å². The third kappa shape index (κ3) is 2.45. The molecule has 0 radical (unpaired) electrons. The van der Waals surface area contributed by atoms with E-state index < -0.39 is 11.9 Å². The minimum absolute atomic E-state index is 0.0357. The van der Waals surface area contributed by atoms with Crippen molar-refractivity contribution in [2.45, 2.75) is 6.92 Å². The zero-order valence-corrected chi connectivity index (χ0v) is 11.0. The third-order valence-electron chi connectivity index (χ3n) is 2.31. The maximum absolute atomic E-state index is 11.8. The van der Waals surface area contributed by atoms with Crippen LogP contribution in [0.1, 0.15) is 26.7 Å². The highest BCUT2D eigenvalue weighted by atomic mass is 79.9. The number of carbonyl (C=O) groups excluding carboxylic acids is 1. The lowest BCUT2D eigenvalue weighted by Crippen LogP contribution is -2.14. The van der Waals surface area contributed by atoms with E-state index in [1.807, 2.05) is 0 Å². The molecule has 0 fully saturated rings. The van der Waals surface area contributed by atoms with Crippen LogP contribution in [0.4, 0.5) is 5.69 Å². The number of carboxylic acid groups (broad SMARTS) is 1. The Bertz CT molecular complexity index is 615. The number of aryl methyl sites for hydroxylation is 1. The Morgan fingerprint density at radius 3 is 2.67 bits per heavy atom. The first-order chi connectivity index (χ1) is 8.47. The lowest BCUT2D eigenvalue weighted by molar-refractivity contribution is 0.0692. The smallest absolute Gasteiger partial charge is 0.354 e. The summed E-state index contributed by atoms with van der Waals surface area (Å²) in [6.45, 7) is 1.72. The molecule has 7 heteroatoms. The normalized spacial score (nSPS) is 10.3. The highest BCUT2D eigenvalue weighted by molar-refractivity contribution is 9.10. The van der Waals surface area contributed by atoms with Gasteiger partial charge in [0.1, 0.15) is 11.4 Å². The lowest BCUT2D eigenvalue weighted by atomic mass is 10.3. The second kappa shape index (κ2) is 4.69. The Hall–Kier alpha value is -2.02. The van der Waals surface area contributed by atoms with Gasteiger partial charge in [-0.3, -0.25) is 4.79 Å². The summed E-state index contributed by atoms with van der Waals surface area (Å²) < 4.78 is 0.747. The van der Waals surface area contributed by atoms with Gasteiger partial charge >= 0.3 is 5.97 Å². The number of anilines is 1. The fraction of sp³-hybridized carbons (Fsp3) is 0.0909. The highest BCUT2D eigenvalue weighted by Gasteiger charge is 2.16. The van der Waals surface area contributed by atoms with E-state index >= 15 is 0 Å². The predicted octanol–water partition coefficient (Wildman–Crippen LogP) is 2.36. The van der Waals surface area contributed by atoms with Crippen LogP contribution in [0.5, 0.6) is 0 Å². The second-order valence-corrected chi connectivity index (χ2v) is 4.65. The summed E-state index contributed by atoms with van der Waals surface area (Å²) in [6, 6.07) is 3.18. The number of aromatic nitrogens is 2. The molecule has 0 saturated heterocycles. The van der Waals surface area contributed by atoms with Crippen molar-refractivity contribution in [1.82, 2.24) is 9.97 Å². The fourth-order valence-corrected chi connectivity index (χ4v) is 1.89. The highest BCUT2D eigenvalue weighted by Crippen LogP contribution is 2.18. The van der Waals surface area contributed by atoms with Crippen LogP contribution in [0.25, 0.3) is 0 Å². The van der Waals surface area contributed by atoms with Gasteiger partial charge in [-0.2, -0.15) is 0 Å². The molecule has 0 aromatic carbocycles. The number of aromatic carboxylic acids is 1. The Morgan fingerprint density at radius 2 is 2.11 bits per heavy atom. The molecule has 6 nitrogen and oxygen atoms in total. The van der Waals surface area contributed by atoms with Gasteiger partial charge in [-0.15, -0.1) is 0 Å². The number of halogens is 1. The first-order valence-electron chi connectivity index (χ1n) is 5.05. The van der Waals surface area contributed by atoms with Crippen molar-refractivity contribution in [3.05, 3.63) is 39.9 Å². The molecule has 0 aliphatic rings. The molecule has 18 heavy (non-hydrogen) atoms. The van der Waals surface area contributed by atoms with Gasteiger partial charge < -0.3 is 20.4 Å². The summed E-state index contributed by atoms with van der Waals surface area (Å²) in [4.78, 5) is 28.2. The third-order valence-corrected chi connectivity index (χ3v) is 2.76. The molecule has 0 aliphatic heterocycles. The number of carbonyl (C=O) groups is 2. The molecule has 2 heterocycles. The molecule has 2 rings (SSSR count). The van der Waals surface area contributed by atoms with Gasteiger partial charge in [0.05, 0.1) is 5.69 Å². The SMILES string of the molecule is Cc1cc(NC(=O)c2cc(Br)c[nH]2)c(C(=O)O)[nH]1. The lowest BCUT2D eigenvalue weighted by Gasteiger charge is -2.02. The van der Waals surface area contributed by atoms with Crippen LogP contribution in [-0.2, 0) is 0 Å². The summed E-state index contributed by atoms with van der Waals surface area (Å²) in [6.07, 6.45) is 1.62. The van der Waals surface area contributed by atoms with E-state index in [0.29, 0.717) is 11.4 Å². The molecular formula is C11H10BrN3O3. The van der Waals surface area contributed by atoms with Gasteiger partial charge in [-0.25, -0.2) is 4.79 Å². The number of aromatic amines is 2. The van der Waals surface area contributed by atoms with Gasteiger partial charge in [0.25, 0.3) is 5.91 Å². The molecule has 2 aromatic heterocycles. The van der Waals surface area contributed by atoms with E-state index in [9.17, 15) is 9.59 Å². The van der Waals surface area contributed by atoms with E-state index in [1.165, 1.54) is 0 Å². The van der Waals surface area contributed by atoms with Crippen LogP contribution in [0.2, 0.25) is 0 Å². The molecule has 0 saturated carbocycles. The molecule has 1 amide bonds. The molecular weight excluding hydrogens is 302 g/mol. The number of nitrogens with one attached hydrogen (secondary N) is 3. The number of H-pyrrole nitrogens is 2. The van der Waals surface area contributed by atoms with E-state index in [-0.39, 0.29) is 11.4 Å². The Kier molecular flexibility index (Phi) is 3.24. The maximum Gasteiger partial charge on any atom is 0.354 e. The van der Waals surface area contributed by atoms with E-state index in [1.54, 1.807) is 25.3 Å².